The van der Waals surface area contributed by atoms with Gasteiger partial charge in [-0.05, 0) is 84.9 Å². The number of rotatable bonds is 7. The smallest absolute Gasteiger partial charge is 0.309 e. The van der Waals surface area contributed by atoms with Crippen LogP contribution in [0.5, 0.6) is 0 Å². The highest BCUT2D eigenvalue weighted by molar-refractivity contribution is 5.99. The van der Waals surface area contributed by atoms with Gasteiger partial charge in [0, 0.05) is 31.4 Å². The fourth-order valence-corrected chi connectivity index (χ4v) is 5.37. The molecule has 0 spiro atoms. The Morgan fingerprint density at radius 3 is 2.56 bits per heavy atom. The maximum atomic E-state index is 11.0. The summed E-state index contributed by atoms with van der Waals surface area (Å²) in [7, 11) is 0. The Balaban J connectivity index is 1.54. The summed E-state index contributed by atoms with van der Waals surface area (Å²) >= 11 is 0. The van der Waals surface area contributed by atoms with Crippen molar-refractivity contribution < 1.29 is 14.7 Å². The first-order chi connectivity index (χ1) is 17.0. The molecule has 1 aliphatic heterocycles. The van der Waals surface area contributed by atoms with Crippen molar-refractivity contribution in [1.82, 2.24) is 9.88 Å². The van der Waals surface area contributed by atoms with Gasteiger partial charge in [0.1, 0.15) is 5.82 Å². The summed E-state index contributed by atoms with van der Waals surface area (Å²) in [6.45, 7) is 14.9. The van der Waals surface area contributed by atoms with Gasteiger partial charge in [0.2, 0.25) is 5.90 Å². The van der Waals surface area contributed by atoms with E-state index in [4.69, 9.17) is 21.6 Å². The number of aryl methyl sites for hydroxylation is 2. The van der Waals surface area contributed by atoms with Crippen LogP contribution in [0.1, 0.15) is 59.2 Å². The lowest BCUT2D eigenvalue weighted by Gasteiger charge is -2.36. The molecule has 0 atom stereocenters. The van der Waals surface area contributed by atoms with Gasteiger partial charge in [0.05, 0.1) is 17.2 Å². The maximum absolute atomic E-state index is 11.0. The molecule has 1 fully saturated rings. The molecule has 2 heterocycles. The summed E-state index contributed by atoms with van der Waals surface area (Å²) in [5, 5.41) is 9.08. The van der Waals surface area contributed by atoms with E-state index in [0.29, 0.717) is 24.6 Å². The molecule has 8 nitrogen and oxygen atoms in total. The quantitative estimate of drug-likeness (QED) is 0.306. The van der Waals surface area contributed by atoms with Gasteiger partial charge >= 0.3 is 5.97 Å². The van der Waals surface area contributed by atoms with Crippen LogP contribution in [0.15, 0.2) is 29.9 Å². The number of likely N-dealkylation sites (tertiary alicyclic amines) is 1. The predicted molar refractivity (Wildman–Crippen MR) is 142 cm³/mol. The molecule has 1 aromatic heterocycles. The Morgan fingerprint density at radius 2 is 1.94 bits per heavy atom. The van der Waals surface area contributed by atoms with Crippen molar-refractivity contribution in [2.24, 2.45) is 22.2 Å². The van der Waals surface area contributed by atoms with Gasteiger partial charge in [-0.1, -0.05) is 20.4 Å². The fourth-order valence-electron chi connectivity index (χ4n) is 5.37. The third-order valence-corrected chi connectivity index (χ3v) is 7.63. The van der Waals surface area contributed by atoms with Gasteiger partial charge in [-0.3, -0.25) is 4.79 Å². The molecule has 5 N–H and O–H groups in total. The first-order valence-electron chi connectivity index (χ1n) is 12.5. The number of hydrogen-bond acceptors (Lipinski definition) is 7. The number of nitrogens with two attached hydrogens (primary N) is 2. The molecule has 0 amide bonds. The molecule has 0 unspecified atom stereocenters. The van der Waals surface area contributed by atoms with Crippen molar-refractivity contribution in [2.75, 3.05) is 25.4 Å². The number of aliphatic carboxylic acids is 1. The highest BCUT2D eigenvalue weighted by Gasteiger charge is 2.32. The van der Waals surface area contributed by atoms with Crippen molar-refractivity contribution in [3.63, 3.8) is 0 Å². The predicted octanol–water partition coefficient (Wildman–Crippen LogP) is 3.66. The van der Waals surface area contributed by atoms with Crippen LogP contribution in [0.3, 0.4) is 0 Å². The number of aromatic nitrogens is 1. The van der Waals surface area contributed by atoms with Crippen LogP contribution in [-0.2, 0) is 28.9 Å². The minimum Gasteiger partial charge on any atom is -0.481 e. The zero-order chi connectivity index (χ0) is 26.2. The average Bonchev–Trinajstić information content (AvgIpc) is 2.77. The van der Waals surface area contributed by atoms with Crippen molar-refractivity contribution in [3.05, 3.63) is 63.9 Å². The number of hydrogen-bond donors (Lipinski definition) is 3. The molecule has 0 saturated carbocycles. The first-order valence-corrected chi connectivity index (χ1v) is 12.5. The van der Waals surface area contributed by atoms with Gasteiger partial charge in [-0.15, -0.1) is 0 Å². The molecule has 8 heteroatoms. The molecule has 0 bridgehead atoms. The summed E-state index contributed by atoms with van der Waals surface area (Å²) in [5.41, 5.74) is 14.3. The Labute approximate surface area is 213 Å². The second-order valence-electron chi connectivity index (χ2n) is 11.0. The van der Waals surface area contributed by atoms with Crippen molar-refractivity contribution in [3.8, 4) is 0 Å². The topological polar surface area (TPSA) is 127 Å². The van der Waals surface area contributed by atoms with Crippen LogP contribution in [-0.4, -0.2) is 46.5 Å². The number of benzene rings is 1. The Bertz CT molecular complexity index is 1200. The summed E-state index contributed by atoms with van der Waals surface area (Å²) in [4.78, 5) is 27.5. The van der Waals surface area contributed by atoms with Crippen LogP contribution in [0.25, 0.3) is 5.70 Å². The van der Waals surface area contributed by atoms with Crippen molar-refractivity contribution in [2.45, 2.75) is 53.4 Å². The van der Waals surface area contributed by atoms with Gasteiger partial charge in [-0.25, -0.2) is 9.98 Å². The highest BCUT2D eigenvalue weighted by atomic mass is 16.6. The highest BCUT2D eigenvalue weighted by Crippen LogP contribution is 2.38. The normalized spacial score (nSPS) is 17.9. The lowest BCUT2D eigenvalue weighted by Crippen LogP contribution is -2.50. The minimum atomic E-state index is -0.707. The summed E-state index contributed by atoms with van der Waals surface area (Å²) in [6, 6.07) is 4.16. The average molecular weight is 492 g/mol. The number of fused-ring (bicyclic) bond motifs is 1. The lowest BCUT2D eigenvalue weighted by atomic mass is 9.73. The third-order valence-electron chi connectivity index (χ3n) is 7.63. The molecule has 4 rings (SSSR count). The Kier molecular flexibility index (Phi) is 7.20. The number of nitrogens with zero attached hydrogens (tertiary/aromatic N) is 3. The van der Waals surface area contributed by atoms with Crippen LogP contribution in [0, 0.1) is 25.2 Å². The molecule has 36 heavy (non-hydrogen) atoms. The van der Waals surface area contributed by atoms with E-state index in [1.807, 2.05) is 0 Å². The molecule has 2 aromatic rings. The molecule has 1 aliphatic carbocycles. The number of pyridine rings is 1. The number of carboxylic acids is 1. The summed E-state index contributed by atoms with van der Waals surface area (Å²) in [5.74, 6) is 5.58. The van der Waals surface area contributed by atoms with Crippen LogP contribution < -0.4 is 11.6 Å². The molecule has 2 aliphatic rings. The molecule has 192 valence electrons. The number of carbonyl (C=O) groups is 1. The molecule has 0 radical (unpaired) electrons. The van der Waals surface area contributed by atoms with E-state index in [1.165, 1.54) is 5.56 Å². The molecule has 1 saturated heterocycles. The van der Waals surface area contributed by atoms with Crippen molar-refractivity contribution in [1.29, 1.82) is 0 Å². The van der Waals surface area contributed by atoms with Gasteiger partial charge in [0.15, 0.2) is 0 Å². The van der Waals surface area contributed by atoms with E-state index >= 15 is 0 Å². The van der Waals surface area contributed by atoms with E-state index in [9.17, 15) is 4.79 Å². The standard InChI is InChI=1S/C28H37N5O3/c1-16-10-19(11-17(2)21(16)7-9-33-14-20(15-33)27(34)35)18(3)32-26(36-30)24-13-31-25(29)23-12-28(4,5)8-6-22(23)24/h10-11,13,20H,3,6-9,12,14-15,30H2,1-2,4-5H3,(H2,29,31)(H,34,35). The van der Waals surface area contributed by atoms with Crippen LogP contribution >= 0.6 is 0 Å². The summed E-state index contributed by atoms with van der Waals surface area (Å²) < 4.78 is 0. The monoisotopic (exact) mass is 491 g/mol. The second-order valence-corrected chi connectivity index (χ2v) is 11.0. The zero-order valence-electron chi connectivity index (χ0n) is 21.7. The van der Waals surface area contributed by atoms with Crippen LogP contribution in [0.2, 0.25) is 0 Å². The van der Waals surface area contributed by atoms with E-state index in [2.05, 4.69) is 61.3 Å². The van der Waals surface area contributed by atoms with Gasteiger partial charge in [0.25, 0.3) is 0 Å². The van der Waals surface area contributed by atoms with Crippen LogP contribution in [0.4, 0.5) is 5.82 Å². The maximum Gasteiger partial charge on any atom is 0.309 e. The number of nitrogen functional groups attached to an aromatic ring is 1. The number of carboxylic acid groups (broad SMARTS) is 1. The lowest BCUT2D eigenvalue weighted by molar-refractivity contribution is -0.147. The third kappa shape index (κ3) is 5.29. The summed E-state index contributed by atoms with van der Waals surface area (Å²) in [6.07, 6.45) is 5.30. The zero-order valence-corrected chi connectivity index (χ0v) is 21.7. The molecular formula is C28H37N5O3. The Morgan fingerprint density at radius 1 is 1.28 bits per heavy atom. The Hall–Kier alpha value is -3.23. The van der Waals surface area contributed by atoms with E-state index in [0.717, 1.165) is 65.6 Å². The first kappa shape index (κ1) is 25.9. The van der Waals surface area contributed by atoms with Crippen molar-refractivity contribution >= 4 is 23.4 Å². The second kappa shape index (κ2) is 10.0. The van der Waals surface area contributed by atoms with E-state index in [1.54, 1.807) is 6.20 Å². The minimum absolute atomic E-state index is 0.163. The largest absolute Gasteiger partial charge is 0.481 e. The van der Waals surface area contributed by atoms with Gasteiger partial charge < -0.3 is 20.6 Å². The van der Waals surface area contributed by atoms with E-state index in [-0.39, 0.29) is 17.2 Å². The fraction of sp³-hybridized carbons (Fsp3) is 0.464. The van der Waals surface area contributed by atoms with E-state index < -0.39 is 5.97 Å². The molecular weight excluding hydrogens is 454 g/mol. The number of aliphatic imine (C=N–C) groups is 1. The molecule has 1 aromatic carbocycles. The SMILES string of the molecule is C=C(N=C(ON)c1cnc(N)c2c1CCC(C)(C)C2)c1cc(C)c(CCN2CC(C(=O)O)C2)c(C)c1. The number of anilines is 1. The van der Waals surface area contributed by atoms with Gasteiger partial charge in [-0.2, -0.15) is 5.90 Å².